The van der Waals surface area contributed by atoms with Gasteiger partial charge in [-0.05, 0) is 39.0 Å². The summed E-state index contributed by atoms with van der Waals surface area (Å²) in [5, 5.41) is 23.6. The Morgan fingerprint density at radius 2 is 2.07 bits per heavy atom. The van der Waals surface area contributed by atoms with E-state index in [1.54, 1.807) is 25.2 Å². The van der Waals surface area contributed by atoms with Gasteiger partial charge in [-0.15, -0.1) is 3.89 Å². The molecule has 1 amide bonds. The first kappa shape index (κ1) is 21.3. The molecule has 0 saturated carbocycles. The molecule has 3 rings (SSSR count). The van der Waals surface area contributed by atoms with Crippen molar-refractivity contribution in [3.63, 3.8) is 0 Å². The van der Waals surface area contributed by atoms with Crippen LogP contribution in [0, 0.1) is 16.7 Å². The minimum Gasteiger partial charge on any atom is -0.388 e. The van der Waals surface area contributed by atoms with E-state index in [4.69, 9.17) is 5.41 Å². The quantitative estimate of drug-likeness (QED) is 0.537. The lowest BCUT2D eigenvalue weighted by Gasteiger charge is -2.20. The normalized spacial score (nSPS) is 11.2. The summed E-state index contributed by atoms with van der Waals surface area (Å²) in [6, 6.07) is 6.97. The molecule has 2 aromatic heterocycles. The number of carbonyl (C=O) groups is 1. The maximum Gasteiger partial charge on any atom is 0.255 e. The van der Waals surface area contributed by atoms with Gasteiger partial charge in [0.05, 0.1) is 29.1 Å². The summed E-state index contributed by atoms with van der Waals surface area (Å²) < 4.78 is 14.5. The highest BCUT2D eigenvalue weighted by molar-refractivity contribution is 7.92. The number of fused-ring (bicyclic) bond motifs is 1. The van der Waals surface area contributed by atoms with Crippen LogP contribution in [0.1, 0.15) is 48.0 Å². The molecule has 3 N–H and O–H groups in total. The second kappa shape index (κ2) is 8.12. The number of rotatable bonds is 5. The largest absolute Gasteiger partial charge is 0.388 e. The van der Waals surface area contributed by atoms with Gasteiger partial charge in [-0.25, -0.2) is 13.9 Å². The Morgan fingerprint density at radius 1 is 1.33 bits per heavy atom. The van der Waals surface area contributed by atoms with Gasteiger partial charge in [-0.3, -0.25) is 10.2 Å². The number of carbonyl (C=O) groups excluding carboxylic acids is 1. The summed E-state index contributed by atoms with van der Waals surface area (Å²) in [7, 11) is 1.71. The van der Waals surface area contributed by atoms with Crippen LogP contribution in [0.15, 0.2) is 30.6 Å². The number of benzene rings is 1. The molecule has 30 heavy (non-hydrogen) atoms. The van der Waals surface area contributed by atoms with E-state index in [1.807, 2.05) is 20.8 Å². The van der Waals surface area contributed by atoms with E-state index in [0.717, 1.165) is 3.97 Å². The molecule has 0 aliphatic heterocycles. The zero-order valence-corrected chi connectivity index (χ0v) is 17.7. The van der Waals surface area contributed by atoms with Crippen LogP contribution in [0.2, 0.25) is 0 Å². The van der Waals surface area contributed by atoms with Crippen molar-refractivity contribution in [3.05, 3.63) is 53.0 Å². The highest BCUT2D eigenvalue weighted by atomic mass is 32.2. The second-order valence-corrected chi connectivity index (χ2v) is 8.10. The molecule has 1 aromatic carbocycles. The molecule has 10 heteroatoms. The number of nitrogens with zero attached hydrogens (tertiary/aromatic N) is 4. The molecule has 0 aliphatic carbocycles. The van der Waals surface area contributed by atoms with Crippen LogP contribution in [-0.4, -0.2) is 38.1 Å². The molecule has 2 heterocycles. The Balaban J connectivity index is 2.13. The molecule has 0 saturated heterocycles. The van der Waals surface area contributed by atoms with Gasteiger partial charge in [-0.1, -0.05) is 0 Å². The van der Waals surface area contributed by atoms with Crippen molar-refractivity contribution >= 4 is 40.8 Å². The minimum atomic E-state index is -0.495. The number of aromatic nitrogens is 3. The Kier molecular flexibility index (Phi) is 5.75. The first-order valence-electron chi connectivity index (χ1n) is 8.99. The van der Waals surface area contributed by atoms with E-state index in [2.05, 4.69) is 26.7 Å². The Bertz CT molecular complexity index is 1190. The number of hydrogen-bond acceptors (Lipinski definition) is 7. The van der Waals surface area contributed by atoms with E-state index in [9.17, 15) is 13.9 Å². The lowest BCUT2D eigenvalue weighted by molar-refractivity contribution is 0.0921. The van der Waals surface area contributed by atoms with Crippen LogP contribution in [0.5, 0.6) is 0 Å². The summed E-state index contributed by atoms with van der Waals surface area (Å²) in [4.78, 5) is 21.4. The maximum absolute atomic E-state index is 13.4. The van der Waals surface area contributed by atoms with Crippen LogP contribution in [-0.2, 0) is 0 Å². The van der Waals surface area contributed by atoms with Gasteiger partial charge in [0, 0.05) is 30.0 Å². The van der Waals surface area contributed by atoms with Gasteiger partial charge in [0.25, 0.3) is 5.91 Å². The topological polar surface area (TPSA) is 119 Å². The van der Waals surface area contributed by atoms with Crippen molar-refractivity contribution in [2.45, 2.75) is 26.3 Å². The molecular weight excluding hydrogens is 405 g/mol. The third-order valence-electron chi connectivity index (χ3n) is 4.21. The molecule has 8 nitrogen and oxygen atoms in total. The standard InChI is InChI=1S/C20H20FN7OS/c1-20(2,3)27-19(29)13-10-28(30-21)18-17(13)26-15(9-25-18)16(23)12-7-11(8-22)5-6-14(12)24-4/h5-7,9-10,23-24H,1-4H3,(H,27,29). The zero-order chi connectivity index (χ0) is 22.1. The number of nitrogens with one attached hydrogen (secondary N) is 3. The third kappa shape index (κ3) is 4.11. The predicted octanol–water partition coefficient (Wildman–Crippen LogP) is 3.67. The third-order valence-corrected chi connectivity index (χ3v) is 4.64. The average molecular weight is 425 g/mol. The van der Waals surface area contributed by atoms with Crippen LogP contribution < -0.4 is 10.6 Å². The molecule has 0 radical (unpaired) electrons. The Morgan fingerprint density at radius 3 is 2.67 bits per heavy atom. The van der Waals surface area contributed by atoms with E-state index in [1.165, 1.54) is 12.4 Å². The fourth-order valence-corrected chi connectivity index (χ4v) is 3.23. The molecule has 154 valence electrons. The molecule has 0 aliphatic rings. The van der Waals surface area contributed by atoms with Gasteiger partial charge < -0.3 is 10.6 Å². The van der Waals surface area contributed by atoms with Crippen molar-refractivity contribution in [1.82, 2.24) is 19.3 Å². The van der Waals surface area contributed by atoms with Crippen molar-refractivity contribution in [3.8, 4) is 6.07 Å². The molecule has 3 aromatic rings. The summed E-state index contributed by atoms with van der Waals surface area (Å²) in [5.74, 6) is -0.416. The highest BCUT2D eigenvalue weighted by Gasteiger charge is 2.23. The Hall–Kier alpha value is -3.45. The van der Waals surface area contributed by atoms with Gasteiger partial charge in [0.1, 0.15) is 11.2 Å². The first-order chi connectivity index (χ1) is 14.2. The van der Waals surface area contributed by atoms with Gasteiger partial charge in [0.2, 0.25) is 0 Å². The van der Waals surface area contributed by atoms with E-state index < -0.39 is 11.4 Å². The number of hydrogen-bond donors (Lipinski definition) is 3. The van der Waals surface area contributed by atoms with Gasteiger partial charge >= 0.3 is 0 Å². The first-order valence-corrected chi connectivity index (χ1v) is 9.66. The molecule has 0 unspecified atom stereocenters. The van der Waals surface area contributed by atoms with Gasteiger partial charge in [-0.2, -0.15) is 5.26 Å². The van der Waals surface area contributed by atoms with Crippen LogP contribution >= 0.6 is 12.3 Å². The monoisotopic (exact) mass is 425 g/mol. The summed E-state index contributed by atoms with van der Waals surface area (Å²) >= 11 is -0.0894. The average Bonchev–Trinajstić information content (AvgIpc) is 3.09. The molecule has 0 spiro atoms. The van der Waals surface area contributed by atoms with E-state index in [0.29, 0.717) is 16.8 Å². The fraction of sp³-hybridized carbons (Fsp3) is 0.250. The number of halogens is 1. The van der Waals surface area contributed by atoms with Crippen molar-refractivity contribution < 1.29 is 8.68 Å². The molecule has 0 bridgehead atoms. The number of nitriles is 1. The summed E-state index contributed by atoms with van der Waals surface area (Å²) in [5.41, 5.74) is 1.75. The minimum absolute atomic E-state index is 0.0219. The van der Waals surface area contributed by atoms with Crippen LogP contribution in [0.4, 0.5) is 9.57 Å². The smallest absolute Gasteiger partial charge is 0.255 e. The van der Waals surface area contributed by atoms with Crippen molar-refractivity contribution in [1.29, 1.82) is 10.7 Å². The van der Waals surface area contributed by atoms with E-state index in [-0.39, 0.29) is 40.5 Å². The lowest BCUT2D eigenvalue weighted by atomic mass is 10.0. The molecule has 0 atom stereocenters. The predicted molar refractivity (Wildman–Crippen MR) is 115 cm³/mol. The van der Waals surface area contributed by atoms with Crippen LogP contribution in [0.3, 0.4) is 0 Å². The second-order valence-electron chi connectivity index (χ2n) is 7.57. The SMILES string of the molecule is CNc1ccc(C#N)cc1C(=N)c1cnc2c(n1)c(C(=O)NC(C)(C)C)cn2SF. The van der Waals surface area contributed by atoms with Crippen LogP contribution in [0.25, 0.3) is 11.2 Å². The maximum atomic E-state index is 13.4. The number of amides is 1. The zero-order valence-electron chi connectivity index (χ0n) is 16.9. The van der Waals surface area contributed by atoms with Gasteiger partial charge in [0.15, 0.2) is 18.0 Å². The summed E-state index contributed by atoms with van der Waals surface area (Å²) in [6.45, 7) is 5.51. The summed E-state index contributed by atoms with van der Waals surface area (Å²) in [6.07, 6.45) is 2.68. The number of anilines is 1. The highest BCUT2D eigenvalue weighted by Crippen LogP contribution is 2.25. The van der Waals surface area contributed by atoms with Crippen molar-refractivity contribution in [2.75, 3.05) is 12.4 Å². The molecule has 0 fully saturated rings. The Labute approximate surface area is 177 Å². The van der Waals surface area contributed by atoms with E-state index >= 15 is 0 Å². The van der Waals surface area contributed by atoms with Crippen molar-refractivity contribution in [2.24, 2.45) is 0 Å². The fourth-order valence-electron chi connectivity index (χ4n) is 2.89. The molecular formula is C20H20FN7OS. The lowest BCUT2D eigenvalue weighted by Crippen LogP contribution is -2.40.